The number of ether oxygens (including phenoxy) is 1. The Morgan fingerprint density at radius 3 is 2.50 bits per heavy atom. The third kappa shape index (κ3) is 3.48. The van der Waals surface area contributed by atoms with E-state index in [1.54, 1.807) is 7.11 Å². The normalized spacial score (nSPS) is 25.1. The van der Waals surface area contributed by atoms with E-state index in [4.69, 9.17) is 4.74 Å². The lowest BCUT2D eigenvalue weighted by Crippen LogP contribution is -2.45. The van der Waals surface area contributed by atoms with E-state index < -0.39 is 17.8 Å². The molecule has 0 aromatic rings. The number of carbonyl (C=O) groups is 2. The van der Waals surface area contributed by atoms with Gasteiger partial charge in [-0.2, -0.15) is 0 Å². The van der Waals surface area contributed by atoms with Gasteiger partial charge >= 0.3 is 0 Å². The zero-order valence-electron chi connectivity index (χ0n) is 9.53. The molecule has 0 bridgehead atoms. The van der Waals surface area contributed by atoms with Gasteiger partial charge in [0.2, 0.25) is 5.91 Å². The van der Waals surface area contributed by atoms with Gasteiger partial charge in [-0.15, -0.1) is 0 Å². The van der Waals surface area contributed by atoms with Gasteiger partial charge in [0.1, 0.15) is 0 Å². The molecule has 0 unspecified atom stereocenters. The van der Waals surface area contributed by atoms with E-state index in [2.05, 4.69) is 5.32 Å². The zero-order valence-corrected chi connectivity index (χ0v) is 9.53. The lowest BCUT2D eigenvalue weighted by atomic mass is 9.79. The summed E-state index contributed by atoms with van der Waals surface area (Å²) in [5.41, 5.74) is 0. The third-order valence-corrected chi connectivity index (χ3v) is 3.01. The predicted octanol–water partition coefficient (Wildman–Crippen LogP) is -0.695. The van der Waals surface area contributed by atoms with Crippen LogP contribution in [0.15, 0.2) is 0 Å². The van der Waals surface area contributed by atoms with Crippen molar-refractivity contribution in [1.29, 1.82) is 0 Å². The highest BCUT2D eigenvalue weighted by molar-refractivity contribution is 5.84. The lowest BCUT2D eigenvalue weighted by molar-refractivity contribution is -0.314. The highest BCUT2D eigenvalue weighted by Crippen LogP contribution is 2.29. The molecule has 0 aliphatic heterocycles. The number of carboxylic acids is 1. The van der Waals surface area contributed by atoms with Crippen LogP contribution in [0.2, 0.25) is 0 Å². The Labute approximate surface area is 95.2 Å². The molecule has 1 aliphatic carbocycles. The molecule has 5 nitrogen and oxygen atoms in total. The molecular weight excluding hydrogens is 210 g/mol. The fourth-order valence-electron chi connectivity index (χ4n) is 2.13. The van der Waals surface area contributed by atoms with Crippen LogP contribution in [0.4, 0.5) is 0 Å². The van der Waals surface area contributed by atoms with Gasteiger partial charge in [0.05, 0.1) is 6.61 Å². The Balaban J connectivity index is 2.47. The van der Waals surface area contributed by atoms with Gasteiger partial charge in [0, 0.05) is 31.5 Å². The minimum absolute atomic E-state index is 0.189. The number of carbonyl (C=O) groups excluding carboxylic acids is 2. The summed E-state index contributed by atoms with van der Waals surface area (Å²) < 4.78 is 4.81. The summed E-state index contributed by atoms with van der Waals surface area (Å²) in [5, 5.41) is 13.6. The summed E-state index contributed by atoms with van der Waals surface area (Å²) in [6.45, 7) is 0.861. The molecule has 0 saturated heterocycles. The first-order chi connectivity index (χ1) is 7.66. The Morgan fingerprint density at radius 1 is 1.31 bits per heavy atom. The van der Waals surface area contributed by atoms with Gasteiger partial charge in [-0.05, 0) is 12.8 Å². The molecule has 2 atom stereocenters. The summed E-state index contributed by atoms with van der Waals surface area (Å²) in [6, 6.07) is 0. The smallest absolute Gasteiger partial charge is 0.223 e. The van der Waals surface area contributed by atoms with Gasteiger partial charge in [-0.25, -0.2) is 0 Å². The van der Waals surface area contributed by atoms with Gasteiger partial charge in [0.25, 0.3) is 0 Å². The van der Waals surface area contributed by atoms with E-state index in [0.29, 0.717) is 26.0 Å². The van der Waals surface area contributed by atoms with Crippen LogP contribution in [0.1, 0.15) is 25.7 Å². The van der Waals surface area contributed by atoms with Gasteiger partial charge < -0.3 is 20.0 Å². The number of carboxylic acid groups (broad SMARTS) is 1. The van der Waals surface area contributed by atoms with E-state index in [1.807, 2.05) is 0 Å². The summed E-state index contributed by atoms with van der Waals surface area (Å²) in [6.07, 6.45) is 2.95. The molecular formula is C11H18NO4-. The van der Waals surface area contributed by atoms with Crippen LogP contribution in [0.5, 0.6) is 0 Å². The number of hydrogen-bond acceptors (Lipinski definition) is 4. The number of rotatable bonds is 5. The monoisotopic (exact) mass is 228 g/mol. The molecule has 0 heterocycles. The lowest BCUT2D eigenvalue weighted by Gasteiger charge is -2.31. The van der Waals surface area contributed by atoms with Crippen molar-refractivity contribution in [3.63, 3.8) is 0 Å². The molecule has 1 fully saturated rings. The first-order valence-electron chi connectivity index (χ1n) is 5.64. The number of methoxy groups -OCH3 is 1. The average Bonchev–Trinajstić information content (AvgIpc) is 2.29. The summed E-state index contributed by atoms with van der Waals surface area (Å²) >= 11 is 0. The quantitative estimate of drug-likeness (QED) is 0.631. The largest absolute Gasteiger partial charge is 0.550 e. The first kappa shape index (κ1) is 13.0. The SMILES string of the molecule is COCCNC(=O)[C@@H]1CCCC[C@H]1C(=O)[O-]. The maximum Gasteiger partial charge on any atom is 0.223 e. The van der Waals surface area contributed by atoms with Crippen molar-refractivity contribution in [2.75, 3.05) is 20.3 Å². The summed E-state index contributed by atoms with van der Waals surface area (Å²) in [7, 11) is 1.55. The van der Waals surface area contributed by atoms with Crippen molar-refractivity contribution >= 4 is 11.9 Å². The molecule has 0 spiro atoms. The maximum absolute atomic E-state index is 11.7. The molecule has 1 saturated carbocycles. The van der Waals surface area contributed by atoms with E-state index in [0.717, 1.165) is 12.8 Å². The van der Waals surface area contributed by atoms with Crippen molar-refractivity contribution in [2.24, 2.45) is 11.8 Å². The van der Waals surface area contributed by atoms with Gasteiger partial charge in [-0.3, -0.25) is 4.79 Å². The van der Waals surface area contributed by atoms with Crippen molar-refractivity contribution < 1.29 is 19.4 Å². The van der Waals surface area contributed by atoms with E-state index in [9.17, 15) is 14.7 Å². The van der Waals surface area contributed by atoms with Crippen molar-refractivity contribution in [2.45, 2.75) is 25.7 Å². The first-order valence-corrected chi connectivity index (χ1v) is 5.64. The van der Waals surface area contributed by atoms with E-state index in [-0.39, 0.29) is 5.91 Å². The molecule has 0 aromatic heterocycles. The molecule has 16 heavy (non-hydrogen) atoms. The van der Waals surface area contributed by atoms with Crippen LogP contribution in [0.3, 0.4) is 0 Å². The summed E-state index contributed by atoms with van der Waals surface area (Å²) in [5.74, 6) is -2.36. The topological polar surface area (TPSA) is 78.5 Å². The fraction of sp³-hybridized carbons (Fsp3) is 0.818. The van der Waals surface area contributed by atoms with Crippen LogP contribution in [-0.4, -0.2) is 32.1 Å². The van der Waals surface area contributed by atoms with Gasteiger partial charge in [0.15, 0.2) is 0 Å². The molecule has 1 aliphatic rings. The van der Waals surface area contributed by atoms with Gasteiger partial charge in [-0.1, -0.05) is 12.8 Å². The molecule has 1 amide bonds. The number of amides is 1. The van der Waals surface area contributed by atoms with E-state index >= 15 is 0 Å². The second-order valence-corrected chi connectivity index (χ2v) is 4.10. The maximum atomic E-state index is 11.7. The average molecular weight is 228 g/mol. The molecule has 0 radical (unpaired) electrons. The summed E-state index contributed by atoms with van der Waals surface area (Å²) in [4.78, 5) is 22.6. The molecule has 92 valence electrons. The molecule has 0 aromatic carbocycles. The Morgan fingerprint density at radius 2 is 1.94 bits per heavy atom. The minimum Gasteiger partial charge on any atom is -0.550 e. The second-order valence-electron chi connectivity index (χ2n) is 4.10. The van der Waals surface area contributed by atoms with Crippen LogP contribution in [-0.2, 0) is 14.3 Å². The molecule has 5 heteroatoms. The van der Waals surface area contributed by atoms with Crippen LogP contribution in [0, 0.1) is 11.8 Å². The van der Waals surface area contributed by atoms with Crippen LogP contribution >= 0.6 is 0 Å². The van der Waals surface area contributed by atoms with Crippen molar-refractivity contribution in [3.05, 3.63) is 0 Å². The number of nitrogens with one attached hydrogen (secondary N) is 1. The highest BCUT2D eigenvalue weighted by atomic mass is 16.5. The Kier molecular flexibility index (Phi) is 5.25. The predicted molar refractivity (Wildman–Crippen MR) is 55.3 cm³/mol. The molecule has 1 rings (SSSR count). The van der Waals surface area contributed by atoms with Crippen LogP contribution < -0.4 is 10.4 Å². The fourth-order valence-corrected chi connectivity index (χ4v) is 2.13. The van der Waals surface area contributed by atoms with E-state index in [1.165, 1.54) is 0 Å². The number of aliphatic carboxylic acids is 1. The van der Waals surface area contributed by atoms with Crippen molar-refractivity contribution in [1.82, 2.24) is 5.32 Å². The molecule has 1 N–H and O–H groups in total. The zero-order chi connectivity index (χ0) is 12.0. The Hall–Kier alpha value is -1.10. The second kappa shape index (κ2) is 6.48. The Bertz CT molecular complexity index is 254. The third-order valence-electron chi connectivity index (χ3n) is 3.01. The van der Waals surface area contributed by atoms with Crippen LogP contribution in [0.25, 0.3) is 0 Å². The number of hydrogen-bond donors (Lipinski definition) is 1. The highest BCUT2D eigenvalue weighted by Gasteiger charge is 2.31. The minimum atomic E-state index is -1.11. The standard InChI is InChI=1S/C11H19NO4/c1-16-7-6-12-10(13)8-4-2-3-5-9(8)11(14)15/h8-9H,2-7H2,1H3,(H,12,13)(H,14,15)/p-1/t8-,9-/m1/s1. The van der Waals surface area contributed by atoms with Crippen molar-refractivity contribution in [3.8, 4) is 0 Å².